The fraction of sp³-hybridized carbons (Fsp3) is 0.538. The number of piperazine rings is 1. The third-order valence-corrected chi connectivity index (χ3v) is 3.14. The molecule has 0 bridgehead atoms. The molecule has 1 saturated heterocycles. The molecule has 0 unspecified atom stereocenters. The van der Waals surface area contributed by atoms with Crippen LogP contribution in [0.5, 0.6) is 17.2 Å². The van der Waals surface area contributed by atoms with Gasteiger partial charge in [0.05, 0.1) is 32.9 Å². The number of rotatable bonds is 4. The van der Waals surface area contributed by atoms with Crippen molar-refractivity contribution in [1.82, 2.24) is 10.6 Å². The lowest BCUT2D eigenvalue weighted by molar-refractivity contribution is 0.346. The fourth-order valence-corrected chi connectivity index (χ4v) is 2.23. The van der Waals surface area contributed by atoms with Crippen LogP contribution in [0.15, 0.2) is 12.1 Å². The van der Waals surface area contributed by atoms with E-state index in [2.05, 4.69) is 10.6 Å². The van der Waals surface area contributed by atoms with Crippen molar-refractivity contribution in [2.24, 2.45) is 0 Å². The van der Waals surface area contributed by atoms with Crippen molar-refractivity contribution in [2.75, 3.05) is 41.0 Å². The summed E-state index contributed by atoms with van der Waals surface area (Å²) < 4.78 is 16.2. The van der Waals surface area contributed by atoms with Gasteiger partial charge in [0.25, 0.3) is 0 Å². The number of benzene rings is 1. The van der Waals surface area contributed by atoms with E-state index in [0.717, 1.165) is 42.4 Å². The summed E-state index contributed by atoms with van der Waals surface area (Å²) in [5, 5.41) is 6.82. The van der Waals surface area contributed by atoms with Gasteiger partial charge in [0.1, 0.15) is 17.2 Å². The van der Waals surface area contributed by atoms with Crippen LogP contribution in [0.4, 0.5) is 0 Å². The van der Waals surface area contributed by atoms with Gasteiger partial charge in [0.15, 0.2) is 0 Å². The standard InChI is InChI=1S/C13H20N2O3.ClH/c1-16-9-6-11(17-2)13(12(7-9)18-3)10-8-14-4-5-15-10;/h6-7,10,14-15H,4-5,8H2,1-3H3;1H/t10-;/m1./s1. The maximum Gasteiger partial charge on any atom is 0.131 e. The Morgan fingerprint density at radius 2 is 1.63 bits per heavy atom. The summed E-state index contributed by atoms with van der Waals surface area (Å²) in [6.45, 7) is 2.78. The van der Waals surface area contributed by atoms with Crippen molar-refractivity contribution in [3.05, 3.63) is 17.7 Å². The lowest BCUT2D eigenvalue weighted by atomic mass is 10.0. The molecule has 0 amide bonds. The van der Waals surface area contributed by atoms with Crippen molar-refractivity contribution in [3.8, 4) is 17.2 Å². The third kappa shape index (κ3) is 3.43. The number of ether oxygens (including phenoxy) is 3. The Labute approximate surface area is 120 Å². The van der Waals surface area contributed by atoms with Crippen LogP contribution in [-0.2, 0) is 0 Å². The van der Waals surface area contributed by atoms with Gasteiger partial charge in [-0.3, -0.25) is 0 Å². The minimum Gasteiger partial charge on any atom is -0.496 e. The largest absolute Gasteiger partial charge is 0.496 e. The van der Waals surface area contributed by atoms with Crippen LogP contribution in [0, 0.1) is 0 Å². The van der Waals surface area contributed by atoms with Crippen LogP contribution in [0.25, 0.3) is 0 Å². The molecule has 1 heterocycles. The van der Waals surface area contributed by atoms with Gasteiger partial charge >= 0.3 is 0 Å². The SMILES string of the molecule is COc1cc(OC)c([C@H]2CNCCN2)c(OC)c1.Cl. The highest BCUT2D eigenvalue weighted by atomic mass is 35.5. The molecule has 1 atom stereocenters. The Morgan fingerprint density at radius 1 is 1.00 bits per heavy atom. The summed E-state index contributed by atoms with van der Waals surface area (Å²) in [5.41, 5.74) is 1.04. The van der Waals surface area contributed by atoms with Crippen LogP contribution in [0.1, 0.15) is 11.6 Å². The second-order valence-electron chi connectivity index (χ2n) is 4.16. The highest BCUT2D eigenvalue weighted by Crippen LogP contribution is 2.38. The van der Waals surface area contributed by atoms with E-state index in [4.69, 9.17) is 14.2 Å². The van der Waals surface area contributed by atoms with Crippen LogP contribution in [-0.4, -0.2) is 41.0 Å². The molecular weight excluding hydrogens is 268 g/mol. The normalized spacial score (nSPS) is 18.4. The predicted molar refractivity (Wildman–Crippen MR) is 77.0 cm³/mol. The lowest BCUT2D eigenvalue weighted by Gasteiger charge is -2.27. The van der Waals surface area contributed by atoms with E-state index in [1.807, 2.05) is 12.1 Å². The zero-order valence-electron chi connectivity index (χ0n) is 11.5. The van der Waals surface area contributed by atoms with Gasteiger partial charge in [0, 0.05) is 31.8 Å². The average Bonchev–Trinajstić information content (AvgIpc) is 2.46. The molecule has 1 aromatic rings. The Hall–Kier alpha value is -1.17. The summed E-state index contributed by atoms with van der Waals surface area (Å²) in [4.78, 5) is 0. The zero-order valence-corrected chi connectivity index (χ0v) is 12.3. The second-order valence-corrected chi connectivity index (χ2v) is 4.16. The number of hydrogen-bond acceptors (Lipinski definition) is 5. The molecule has 1 fully saturated rings. The van der Waals surface area contributed by atoms with Crippen LogP contribution >= 0.6 is 12.4 Å². The minimum atomic E-state index is 0. The molecular formula is C13H21ClN2O3. The van der Waals surface area contributed by atoms with Gasteiger partial charge in [-0.2, -0.15) is 0 Å². The molecule has 0 aliphatic carbocycles. The second kappa shape index (κ2) is 7.43. The Balaban J connectivity index is 0.00000180. The van der Waals surface area contributed by atoms with Gasteiger partial charge in [-0.25, -0.2) is 0 Å². The van der Waals surface area contributed by atoms with Gasteiger partial charge in [-0.15, -0.1) is 12.4 Å². The van der Waals surface area contributed by atoms with Crippen LogP contribution in [0.3, 0.4) is 0 Å². The molecule has 1 aromatic carbocycles. The Bertz CT molecular complexity index is 384. The fourth-order valence-electron chi connectivity index (χ4n) is 2.23. The number of halogens is 1. The first kappa shape index (κ1) is 15.9. The first-order valence-corrected chi connectivity index (χ1v) is 6.04. The van der Waals surface area contributed by atoms with Gasteiger partial charge in [-0.1, -0.05) is 0 Å². The van der Waals surface area contributed by atoms with Crippen LogP contribution in [0.2, 0.25) is 0 Å². The maximum atomic E-state index is 5.46. The van der Waals surface area contributed by atoms with Crippen molar-refractivity contribution in [1.29, 1.82) is 0 Å². The van der Waals surface area contributed by atoms with Crippen molar-refractivity contribution >= 4 is 12.4 Å². The van der Waals surface area contributed by atoms with Crippen molar-refractivity contribution < 1.29 is 14.2 Å². The van der Waals surface area contributed by atoms with E-state index in [1.165, 1.54) is 0 Å². The monoisotopic (exact) mass is 288 g/mol. The molecule has 1 aliphatic heterocycles. The Kier molecular flexibility index (Phi) is 6.21. The number of methoxy groups -OCH3 is 3. The smallest absolute Gasteiger partial charge is 0.131 e. The van der Waals surface area contributed by atoms with Crippen LogP contribution < -0.4 is 24.8 Å². The summed E-state index contributed by atoms with van der Waals surface area (Å²) >= 11 is 0. The molecule has 0 radical (unpaired) electrons. The molecule has 5 nitrogen and oxygen atoms in total. The topological polar surface area (TPSA) is 51.8 Å². The highest BCUT2D eigenvalue weighted by molar-refractivity contribution is 5.85. The van der Waals surface area contributed by atoms with E-state index in [0.29, 0.717) is 0 Å². The van der Waals surface area contributed by atoms with E-state index in [1.54, 1.807) is 21.3 Å². The number of nitrogens with one attached hydrogen (secondary N) is 2. The number of hydrogen-bond donors (Lipinski definition) is 2. The van der Waals surface area contributed by atoms with Crippen molar-refractivity contribution in [2.45, 2.75) is 6.04 Å². The minimum absolute atomic E-state index is 0. The summed E-state index contributed by atoms with van der Waals surface area (Å²) in [7, 11) is 4.95. The van der Waals surface area contributed by atoms with E-state index in [-0.39, 0.29) is 18.4 Å². The molecule has 0 saturated carbocycles. The highest BCUT2D eigenvalue weighted by Gasteiger charge is 2.23. The Morgan fingerprint density at radius 3 is 2.05 bits per heavy atom. The molecule has 2 N–H and O–H groups in total. The molecule has 0 spiro atoms. The first-order valence-electron chi connectivity index (χ1n) is 6.04. The first-order chi connectivity index (χ1) is 8.80. The summed E-state index contributed by atoms with van der Waals surface area (Å²) in [6.07, 6.45) is 0. The quantitative estimate of drug-likeness (QED) is 0.876. The van der Waals surface area contributed by atoms with E-state index < -0.39 is 0 Å². The van der Waals surface area contributed by atoms with Crippen molar-refractivity contribution in [3.63, 3.8) is 0 Å². The van der Waals surface area contributed by atoms with E-state index in [9.17, 15) is 0 Å². The molecule has 1 aliphatic rings. The van der Waals surface area contributed by atoms with Gasteiger partial charge < -0.3 is 24.8 Å². The van der Waals surface area contributed by atoms with Gasteiger partial charge in [0.2, 0.25) is 0 Å². The van der Waals surface area contributed by atoms with E-state index >= 15 is 0 Å². The molecule has 108 valence electrons. The lowest BCUT2D eigenvalue weighted by Crippen LogP contribution is -2.42. The zero-order chi connectivity index (χ0) is 13.0. The molecule has 2 rings (SSSR count). The average molecular weight is 289 g/mol. The molecule has 19 heavy (non-hydrogen) atoms. The predicted octanol–water partition coefficient (Wildman–Crippen LogP) is 1.37. The summed E-state index contributed by atoms with van der Waals surface area (Å²) in [6, 6.07) is 3.96. The van der Waals surface area contributed by atoms with Gasteiger partial charge in [-0.05, 0) is 0 Å². The maximum absolute atomic E-state index is 5.46. The third-order valence-electron chi connectivity index (χ3n) is 3.14. The summed E-state index contributed by atoms with van der Waals surface area (Å²) in [5.74, 6) is 2.30. The molecule has 0 aromatic heterocycles. The molecule has 6 heteroatoms.